The van der Waals surface area contributed by atoms with Gasteiger partial charge in [0.05, 0.1) is 11.6 Å². The highest BCUT2D eigenvalue weighted by Gasteiger charge is 2.33. The van der Waals surface area contributed by atoms with Gasteiger partial charge in [0.2, 0.25) is 0 Å². The van der Waals surface area contributed by atoms with Crippen LogP contribution in [0.4, 0.5) is 0 Å². The summed E-state index contributed by atoms with van der Waals surface area (Å²) >= 11 is 0. The minimum Gasteiger partial charge on any atom is -0.481 e. The first-order valence-corrected chi connectivity index (χ1v) is 3.88. The summed E-state index contributed by atoms with van der Waals surface area (Å²) in [5.41, 5.74) is 1.51. The van der Waals surface area contributed by atoms with Gasteiger partial charge in [0.1, 0.15) is 5.76 Å². The highest BCUT2D eigenvalue weighted by atomic mass is 16.5. The molecule has 1 aliphatic rings. The van der Waals surface area contributed by atoms with E-state index in [1.165, 1.54) is 0 Å². The predicted molar refractivity (Wildman–Crippen MR) is 39.9 cm³/mol. The van der Waals surface area contributed by atoms with Crippen molar-refractivity contribution in [2.75, 3.05) is 0 Å². The SMILES string of the molecule is Cc1noc2c1C(C(=O)O)CC2. The van der Waals surface area contributed by atoms with E-state index in [9.17, 15) is 4.79 Å². The number of aromatic nitrogens is 1. The van der Waals surface area contributed by atoms with Crippen LogP contribution in [0.1, 0.15) is 29.4 Å². The number of nitrogens with zero attached hydrogens (tertiary/aromatic N) is 1. The Morgan fingerprint density at radius 1 is 1.75 bits per heavy atom. The normalized spacial score (nSPS) is 20.9. The monoisotopic (exact) mass is 167 g/mol. The van der Waals surface area contributed by atoms with Crippen LogP contribution in [0.15, 0.2) is 4.52 Å². The highest BCUT2D eigenvalue weighted by Crippen LogP contribution is 2.35. The Hall–Kier alpha value is -1.32. The Bertz CT molecular complexity index is 329. The molecular formula is C8H9NO3. The van der Waals surface area contributed by atoms with Crippen LogP contribution in [0.25, 0.3) is 0 Å². The van der Waals surface area contributed by atoms with Crippen LogP contribution < -0.4 is 0 Å². The number of hydrogen-bond acceptors (Lipinski definition) is 3. The van der Waals surface area contributed by atoms with Crippen molar-refractivity contribution in [2.45, 2.75) is 25.7 Å². The van der Waals surface area contributed by atoms with Crippen LogP contribution in [0.5, 0.6) is 0 Å². The molecule has 1 N–H and O–H groups in total. The van der Waals surface area contributed by atoms with Gasteiger partial charge in [-0.25, -0.2) is 0 Å². The van der Waals surface area contributed by atoms with Crippen molar-refractivity contribution in [3.63, 3.8) is 0 Å². The number of carboxylic acids is 1. The topological polar surface area (TPSA) is 63.3 Å². The van der Waals surface area contributed by atoms with E-state index in [4.69, 9.17) is 9.63 Å². The fraction of sp³-hybridized carbons (Fsp3) is 0.500. The number of hydrogen-bond donors (Lipinski definition) is 1. The molecule has 0 bridgehead atoms. The van der Waals surface area contributed by atoms with E-state index in [1.54, 1.807) is 6.92 Å². The molecule has 4 nitrogen and oxygen atoms in total. The molecule has 0 aromatic carbocycles. The third kappa shape index (κ3) is 0.841. The van der Waals surface area contributed by atoms with Gasteiger partial charge in [0, 0.05) is 12.0 Å². The van der Waals surface area contributed by atoms with Crippen molar-refractivity contribution in [1.29, 1.82) is 0 Å². The minimum absolute atomic E-state index is 0.397. The van der Waals surface area contributed by atoms with E-state index in [0.717, 1.165) is 17.0 Å². The largest absolute Gasteiger partial charge is 0.481 e. The summed E-state index contributed by atoms with van der Waals surface area (Å²) < 4.78 is 4.97. The molecule has 0 radical (unpaired) electrons. The number of fused-ring (bicyclic) bond motifs is 1. The lowest BCUT2D eigenvalue weighted by atomic mass is 10.0. The lowest BCUT2D eigenvalue weighted by Gasteiger charge is -2.01. The molecule has 64 valence electrons. The second-order valence-corrected chi connectivity index (χ2v) is 3.03. The van der Waals surface area contributed by atoms with Gasteiger partial charge < -0.3 is 9.63 Å². The fourth-order valence-corrected chi connectivity index (χ4v) is 1.72. The standard InChI is InChI=1S/C8H9NO3/c1-4-7-5(8(10)11)2-3-6(7)12-9-4/h5H,2-3H2,1H3,(H,10,11). The number of aryl methyl sites for hydroxylation is 2. The molecule has 0 spiro atoms. The third-order valence-corrected chi connectivity index (χ3v) is 2.29. The Balaban J connectivity index is 2.46. The molecular weight excluding hydrogens is 158 g/mol. The van der Waals surface area contributed by atoms with Gasteiger partial charge in [-0.15, -0.1) is 0 Å². The molecule has 1 aliphatic carbocycles. The molecule has 0 fully saturated rings. The summed E-state index contributed by atoms with van der Waals surface area (Å²) in [6.07, 6.45) is 1.35. The molecule has 4 heteroatoms. The van der Waals surface area contributed by atoms with Crippen LogP contribution in [0.2, 0.25) is 0 Å². The highest BCUT2D eigenvalue weighted by molar-refractivity contribution is 5.77. The Labute approximate surface area is 69.2 Å². The lowest BCUT2D eigenvalue weighted by molar-refractivity contribution is -0.138. The molecule has 2 rings (SSSR count). The van der Waals surface area contributed by atoms with Crippen molar-refractivity contribution in [3.8, 4) is 0 Å². The van der Waals surface area contributed by atoms with Gasteiger partial charge in [-0.1, -0.05) is 5.16 Å². The Kier molecular flexibility index (Phi) is 1.43. The fourth-order valence-electron chi connectivity index (χ4n) is 1.72. The maximum absolute atomic E-state index is 10.7. The zero-order valence-corrected chi connectivity index (χ0v) is 6.70. The van der Waals surface area contributed by atoms with Crippen molar-refractivity contribution in [3.05, 3.63) is 17.0 Å². The molecule has 1 aromatic heterocycles. The zero-order chi connectivity index (χ0) is 8.72. The van der Waals surface area contributed by atoms with Crippen LogP contribution in [0, 0.1) is 6.92 Å². The molecule has 12 heavy (non-hydrogen) atoms. The van der Waals surface area contributed by atoms with Gasteiger partial charge in [-0.2, -0.15) is 0 Å². The average molecular weight is 167 g/mol. The van der Waals surface area contributed by atoms with Crippen molar-refractivity contribution < 1.29 is 14.4 Å². The summed E-state index contributed by atoms with van der Waals surface area (Å²) in [6, 6.07) is 0. The van der Waals surface area contributed by atoms with Crippen LogP contribution in [0.3, 0.4) is 0 Å². The van der Waals surface area contributed by atoms with Gasteiger partial charge in [0.25, 0.3) is 0 Å². The van der Waals surface area contributed by atoms with E-state index >= 15 is 0 Å². The second-order valence-electron chi connectivity index (χ2n) is 3.03. The van der Waals surface area contributed by atoms with Gasteiger partial charge in [0.15, 0.2) is 0 Å². The first-order chi connectivity index (χ1) is 5.70. The number of rotatable bonds is 1. The van der Waals surface area contributed by atoms with Crippen molar-refractivity contribution >= 4 is 5.97 Å². The van der Waals surface area contributed by atoms with Gasteiger partial charge in [-0.3, -0.25) is 4.79 Å². The molecule has 1 unspecified atom stereocenters. The second kappa shape index (κ2) is 2.33. The van der Waals surface area contributed by atoms with E-state index in [0.29, 0.717) is 12.8 Å². The average Bonchev–Trinajstić information content (AvgIpc) is 2.53. The Morgan fingerprint density at radius 2 is 2.50 bits per heavy atom. The maximum Gasteiger partial charge on any atom is 0.311 e. The van der Waals surface area contributed by atoms with E-state index in [1.807, 2.05) is 0 Å². The molecule has 0 aliphatic heterocycles. The van der Waals surface area contributed by atoms with E-state index in [2.05, 4.69) is 5.16 Å². The summed E-state index contributed by atoms with van der Waals surface area (Å²) in [5, 5.41) is 12.6. The lowest BCUT2D eigenvalue weighted by Crippen LogP contribution is -2.08. The zero-order valence-electron chi connectivity index (χ0n) is 6.70. The van der Waals surface area contributed by atoms with Crippen LogP contribution in [-0.4, -0.2) is 16.2 Å². The Morgan fingerprint density at radius 3 is 3.17 bits per heavy atom. The van der Waals surface area contributed by atoms with Crippen LogP contribution in [-0.2, 0) is 11.2 Å². The number of carboxylic acid groups (broad SMARTS) is 1. The summed E-state index contributed by atoms with van der Waals surface area (Å²) in [5.74, 6) is -0.425. The molecule has 1 aromatic rings. The number of carbonyl (C=O) groups is 1. The van der Waals surface area contributed by atoms with Crippen LogP contribution >= 0.6 is 0 Å². The smallest absolute Gasteiger partial charge is 0.311 e. The summed E-state index contributed by atoms with van der Waals surface area (Å²) in [4.78, 5) is 10.7. The van der Waals surface area contributed by atoms with E-state index < -0.39 is 11.9 Å². The van der Waals surface area contributed by atoms with Gasteiger partial charge >= 0.3 is 5.97 Å². The predicted octanol–water partition coefficient (Wildman–Crippen LogP) is 1.10. The summed E-state index contributed by atoms with van der Waals surface area (Å²) in [6.45, 7) is 1.78. The van der Waals surface area contributed by atoms with Crippen molar-refractivity contribution in [1.82, 2.24) is 5.16 Å². The minimum atomic E-state index is -0.778. The van der Waals surface area contributed by atoms with Gasteiger partial charge in [-0.05, 0) is 13.3 Å². The first-order valence-electron chi connectivity index (χ1n) is 3.88. The molecule has 0 saturated carbocycles. The third-order valence-electron chi connectivity index (χ3n) is 2.29. The molecule has 0 saturated heterocycles. The van der Waals surface area contributed by atoms with E-state index in [-0.39, 0.29) is 0 Å². The first kappa shape index (κ1) is 7.34. The maximum atomic E-state index is 10.7. The molecule has 1 heterocycles. The summed E-state index contributed by atoms with van der Waals surface area (Å²) in [7, 11) is 0. The molecule has 1 atom stereocenters. The molecule has 0 amide bonds. The quantitative estimate of drug-likeness (QED) is 0.680. The number of aliphatic carboxylic acids is 1. The van der Waals surface area contributed by atoms with Crippen molar-refractivity contribution in [2.24, 2.45) is 0 Å².